The summed E-state index contributed by atoms with van der Waals surface area (Å²) in [7, 11) is 3.58. The van der Waals surface area contributed by atoms with Crippen molar-refractivity contribution < 1.29 is 9.47 Å². The van der Waals surface area contributed by atoms with E-state index in [0.717, 1.165) is 12.8 Å². The molecule has 0 amide bonds. The minimum Gasteiger partial charge on any atom is -0.378 e. The van der Waals surface area contributed by atoms with Crippen LogP contribution >= 0.6 is 0 Å². The van der Waals surface area contributed by atoms with Crippen LogP contribution in [0.4, 0.5) is 0 Å². The van der Waals surface area contributed by atoms with Crippen molar-refractivity contribution in [3.8, 4) is 0 Å². The Labute approximate surface area is 97.6 Å². The van der Waals surface area contributed by atoms with Gasteiger partial charge in [-0.2, -0.15) is 0 Å². The third-order valence-corrected chi connectivity index (χ3v) is 3.70. The highest BCUT2D eigenvalue weighted by atomic mass is 16.5. The van der Waals surface area contributed by atoms with Crippen LogP contribution in [-0.2, 0) is 15.1 Å². The minimum atomic E-state index is -0.242. The fourth-order valence-electron chi connectivity index (χ4n) is 2.82. The van der Waals surface area contributed by atoms with Crippen molar-refractivity contribution in [3.63, 3.8) is 0 Å². The van der Waals surface area contributed by atoms with E-state index in [1.807, 2.05) is 6.07 Å². The second kappa shape index (κ2) is 4.98. The Balaban J connectivity index is 2.36. The van der Waals surface area contributed by atoms with Gasteiger partial charge in [0.05, 0.1) is 6.10 Å². The van der Waals surface area contributed by atoms with Gasteiger partial charge in [-0.05, 0) is 18.4 Å². The Kier molecular flexibility index (Phi) is 3.62. The molecule has 2 heteroatoms. The maximum atomic E-state index is 5.84. The summed E-state index contributed by atoms with van der Waals surface area (Å²) >= 11 is 0. The van der Waals surface area contributed by atoms with Gasteiger partial charge in [0.1, 0.15) is 5.60 Å². The van der Waals surface area contributed by atoms with Gasteiger partial charge in [0.2, 0.25) is 0 Å². The van der Waals surface area contributed by atoms with Crippen LogP contribution in [0.2, 0.25) is 0 Å². The first-order chi connectivity index (χ1) is 7.83. The van der Waals surface area contributed by atoms with Crippen LogP contribution in [0.1, 0.15) is 31.2 Å². The van der Waals surface area contributed by atoms with Crippen molar-refractivity contribution >= 4 is 0 Å². The molecule has 0 bridgehead atoms. The van der Waals surface area contributed by atoms with E-state index in [0.29, 0.717) is 0 Å². The van der Waals surface area contributed by atoms with E-state index in [1.165, 1.54) is 18.4 Å². The summed E-state index contributed by atoms with van der Waals surface area (Å²) in [5.74, 6) is 0. The van der Waals surface area contributed by atoms with Crippen LogP contribution in [-0.4, -0.2) is 20.3 Å². The Morgan fingerprint density at radius 1 is 1.12 bits per heavy atom. The summed E-state index contributed by atoms with van der Waals surface area (Å²) in [5, 5.41) is 0. The molecule has 1 aromatic carbocycles. The molecule has 1 saturated carbocycles. The lowest BCUT2D eigenvalue weighted by Crippen LogP contribution is -2.45. The summed E-state index contributed by atoms with van der Waals surface area (Å²) in [6.07, 6.45) is 4.75. The molecule has 1 aromatic rings. The summed E-state index contributed by atoms with van der Waals surface area (Å²) in [5.41, 5.74) is 0.998. The van der Waals surface area contributed by atoms with E-state index in [2.05, 4.69) is 24.3 Å². The van der Waals surface area contributed by atoms with Crippen molar-refractivity contribution in [2.45, 2.75) is 37.4 Å². The molecule has 2 rings (SSSR count). The molecule has 0 spiro atoms. The number of hydrogen-bond acceptors (Lipinski definition) is 2. The smallest absolute Gasteiger partial charge is 0.119 e. The van der Waals surface area contributed by atoms with Gasteiger partial charge < -0.3 is 9.47 Å². The van der Waals surface area contributed by atoms with E-state index >= 15 is 0 Å². The molecule has 1 aliphatic rings. The fourth-order valence-corrected chi connectivity index (χ4v) is 2.82. The largest absolute Gasteiger partial charge is 0.378 e. The normalized spacial score (nSPS) is 30.2. The molecule has 88 valence electrons. The van der Waals surface area contributed by atoms with Crippen molar-refractivity contribution in [1.82, 2.24) is 0 Å². The first-order valence-corrected chi connectivity index (χ1v) is 5.97. The standard InChI is InChI=1S/C14H20O2/c1-15-13-10-6-7-11-14(13,16-2)12-8-4-3-5-9-12/h3-5,8-9,13H,6-7,10-11H2,1-2H3/t13-,14-/m0/s1. The van der Waals surface area contributed by atoms with E-state index in [9.17, 15) is 0 Å². The first-order valence-electron chi connectivity index (χ1n) is 5.97. The third-order valence-electron chi connectivity index (χ3n) is 3.70. The SMILES string of the molecule is CO[C@H]1CCCC[C@]1(OC)c1ccccc1. The second-order valence-electron chi connectivity index (χ2n) is 4.43. The number of hydrogen-bond donors (Lipinski definition) is 0. The number of rotatable bonds is 3. The zero-order chi connectivity index (χ0) is 11.4. The molecule has 0 heterocycles. The number of methoxy groups -OCH3 is 2. The predicted octanol–water partition coefficient (Wildman–Crippen LogP) is 3.12. The molecule has 0 saturated heterocycles. The molecule has 0 unspecified atom stereocenters. The van der Waals surface area contributed by atoms with E-state index < -0.39 is 0 Å². The summed E-state index contributed by atoms with van der Waals surface area (Å²) < 4.78 is 11.5. The molecule has 1 fully saturated rings. The van der Waals surface area contributed by atoms with Crippen LogP contribution in [0.25, 0.3) is 0 Å². The lowest BCUT2D eigenvalue weighted by atomic mass is 9.77. The third kappa shape index (κ3) is 1.87. The molecule has 2 nitrogen and oxygen atoms in total. The monoisotopic (exact) mass is 220 g/mol. The van der Waals surface area contributed by atoms with E-state index in [1.54, 1.807) is 14.2 Å². The molecule has 0 aliphatic heterocycles. The van der Waals surface area contributed by atoms with Crippen LogP contribution in [0.15, 0.2) is 30.3 Å². The molecule has 0 radical (unpaired) electrons. The maximum absolute atomic E-state index is 5.84. The molecule has 16 heavy (non-hydrogen) atoms. The van der Waals surface area contributed by atoms with Gasteiger partial charge in [0.25, 0.3) is 0 Å². The van der Waals surface area contributed by atoms with Crippen molar-refractivity contribution in [1.29, 1.82) is 0 Å². The molecule has 0 N–H and O–H groups in total. The lowest BCUT2D eigenvalue weighted by Gasteiger charge is -2.42. The van der Waals surface area contributed by atoms with Gasteiger partial charge in [-0.15, -0.1) is 0 Å². The van der Waals surface area contributed by atoms with Crippen LogP contribution in [0.5, 0.6) is 0 Å². The molecule has 0 aromatic heterocycles. The minimum absolute atomic E-state index is 0.175. The fraction of sp³-hybridized carbons (Fsp3) is 0.571. The highest BCUT2D eigenvalue weighted by molar-refractivity contribution is 5.25. The Hall–Kier alpha value is -0.860. The number of benzene rings is 1. The van der Waals surface area contributed by atoms with Crippen molar-refractivity contribution in [2.75, 3.05) is 14.2 Å². The average Bonchev–Trinajstić information content (AvgIpc) is 2.39. The first kappa shape index (κ1) is 11.6. The average molecular weight is 220 g/mol. The Bertz CT molecular complexity index is 323. The summed E-state index contributed by atoms with van der Waals surface area (Å²) in [6, 6.07) is 10.5. The second-order valence-corrected chi connectivity index (χ2v) is 4.43. The maximum Gasteiger partial charge on any atom is 0.119 e. The Morgan fingerprint density at radius 2 is 1.88 bits per heavy atom. The van der Waals surface area contributed by atoms with Gasteiger partial charge in [-0.3, -0.25) is 0 Å². The highest BCUT2D eigenvalue weighted by Crippen LogP contribution is 2.41. The van der Waals surface area contributed by atoms with Gasteiger partial charge in [0, 0.05) is 14.2 Å². The Morgan fingerprint density at radius 3 is 2.50 bits per heavy atom. The lowest BCUT2D eigenvalue weighted by molar-refractivity contribution is -0.144. The summed E-state index contributed by atoms with van der Waals surface area (Å²) in [4.78, 5) is 0. The zero-order valence-corrected chi connectivity index (χ0v) is 10.1. The summed E-state index contributed by atoms with van der Waals surface area (Å²) in [6.45, 7) is 0. The van der Waals surface area contributed by atoms with E-state index in [4.69, 9.17) is 9.47 Å². The quantitative estimate of drug-likeness (QED) is 0.779. The molecule has 2 atom stereocenters. The topological polar surface area (TPSA) is 18.5 Å². The highest BCUT2D eigenvalue weighted by Gasteiger charge is 2.42. The van der Waals surface area contributed by atoms with Crippen LogP contribution in [0, 0.1) is 0 Å². The van der Waals surface area contributed by atoms with Crippen molar-refractivity contribution in [2.24, 2.45) is 0 Å². The molecule has 1 aliphatic carbocycles. The van der Waals surface area contributed by atoms with E-state index in [-0.39, 0.29) is 11.7 Å². The van der Waals surface area contributed by atoms with Gasteiger partial charge in [-0.25, -0.2) is 0 Å². The van der Waals surface area contributed by atoms with Crippen LogP contribution < -0.4 is 0 Å². The predicted molar refractivity (Wildman–Crippen MR) is 64.4 cm³/mol. The van der Waals surface area contributed by atoms with Crippen LogP contribution in [0.3, 0.4) is 0 Å². The zero-order valence-electron chi connectivity index (χ0n) is 10.1. The van der Waals surface area contributed by atoms with Gasteiger partial charge >= 0.3 is 0 Å². The number of ether oxygens (including phenoxy) is 2. The van der Waals surface area contributed by atoms with Crippen molar-refractivity contribution in [3.05, 3.63) is 35.9 Å². The van der Waals surface area contributed by atoms with Gasteiger partial charge in [0.15, 0.2) is 0 Å². The molecular weight excluding hydrogens is 200 g/mol. The molecular formula is C14H20O2. The van der Waals surface area contributed by atoms with Gasteiger partial charge in [-0.1, -0.05) is 43.2 Å².